The summed E-state index contributed by atoms with van der Waals surface area (Å²) in [6, 6.07) is 20.5. The molecule has 5 aromatic rings. The molecule has 0 unspecified atom stereocenters. The lowest BCUT2D eigenvalue weighted by molar-refractivity contribution is -0.387. The smallest absolute Gasteiger partial charge is 0.409 e. The van der Waals surface area contributed by atoms with Crippen LogP contribution in [0.1, 0.15) is 39.0 Å². The summed E-state index contributed by atoms with van der Waals surface area (Å²) in [5.41, 5.74) is -1.07. The van der Waals surface area contributed by atoms with Gasteiger partial charge >= 0.3 is 34.5 Å². The Hall–Kier alpha value is -6.10. The average Bonchev–Trinajstić information content (AvgIpc) is 3.31. The third-order valence-corrected chi connectivity index (χ3v) is 11.3. The molecule has 1 saturated heterocycles. The van der Waals surface area contributed by atoms with Crippen molar-refractivity contribution in [1.82, 2.24) is 9.80 Å². The Kier molecular flexibility index (Phi) is 27.0. The van der Waals surface area contributed by atoms with Crippen LogP contribution in [0.2, 0.25) is 0 Å². The number of hydrogen-bond acceptors (Lipinski definition) is 13. The molecule has 28 heteroatoms. The Morgan fingerprint density at radius 2 is 0.886 bits per heavy atom. The maximum Gasteiger partial charge on any atom is 0.409 e. The van der Waals surface area contributed by atoms with E-state index >= 15 is 0 Å². The maximum absolute atomic E-state index is 14.0. The van der Waals surface area contributed by atoms with Gasteiger partial charge in [0.1, 0.15) is 0 Å². The first-order valence-electron chi connectivity index (χ1n) is 19.1. The van der Waals surface area contributed by atoms with E-state index in [0.717, 1.165) is 30.3 Å². The number of rotatable bonds is 10. The van der Waals surface area contributed by atoms with Crippen molar-refractivity contribution < 1.29 is 56.1 Å². The molecular formula is C42H40Br4F5N7O12. The fourth-order valence-corrected chi connectivity index (χ4v) is 7.10. The number of aryl methyl sites for hydroxylation is 1. The normalized spacial score (nSPS) is 11.6. The van der Waals surface area contributed by atoms with Gasteiger partial charge < -0.3 is 9.64 Å². The van der Waals surface area contributed by atoms with Crippen molar-refractivity contribution in [3.63, 3.8) is 0 Å². The molecule has 6 rings (SSSR count). The highest BCUT2D eigenvalue weighted by Gasteiger charge is 2.25. The molecule has 0 radical (unpaired) electrons. The Morgan fingerprint density at radius 3 is 1.23 bits per heavy atom. The number of amides is 1. The first-order chi connectivity index (χ1) is 32.5. The first-order valence-corrected chi connectivity index (χ1v) is 23.1. The van der Waals surface area contributed by atoms with Crippen LogP contribution in [0.15, 0.2) is 91.0 Å². The van der Waals surface area contributed by atoms with Gasteiger partial charge in [0.15, 0.2) is 0 Å². The second kappa shape index (κ2) is 30.5. The van der Waals surface area contributed by atoms with Crippen LogP contribution in [-0.4, -0.2) is 73.8 Å². The lowest BCUT2D eigenvalue weighted by Gasteiger charge is -2.33. The summed E-state index contributed by atoms with van der Waals surface area (Å²) >= 11 is 12.2. The van der Waals surface area contributed by atoms with E-state index in [1.807, 2.05) is 4.90 Å². The van der Waals surface area contributed by atoms with Crippen LogP contribution in [0.4, 0.5) is 55.2 Å². The minimum absolute atomic E-state index is 0. The van der Waals surface area contributed by atoms with Crippen molar-refractivity contribution in [3.8, 4) is 0 Å². The zero-order valence-electron chi connectivity index (χ0n) is 35.6. The van der Waals surface area contributed by atoms with E-state index in [9.17, 15) is 77.3 Å². The summed E-state index contributed by atoms with van der Waals surface area (Å²) < 4.78 is 70.4. The number of ether oxygens (including phenoxy) is 1. The molecule has 70 heavy (non-hydrogen) atoms. The summed E-state index contributed by atoms with van der Waals surface area (Å²) in [4.78, 5) is 62.9. The second-order valence-corrected chi connectivity index (χ2v) is 17.6. The number of nitrogens with zero attached hydrogens (tertiary/aromatic N) is 7. The molecule has 1 aliphatic rings. The van der Waals surface area contributed by atoms with Crippen LogP contribution in [0.3, 0.4) is 0 Å². The van der Waals surface area contributed by atoms with Gasteiger partial charge in [-0.05, 0) is 12.5 Å². The van der Waals surface area contributed by atoms with E-state index in [4.69, 9.17) is 0 Å². The van der Waals surface area contributed by atoms with Crippen molar-refractivity contribution in [2.75, 3.05) is 33.3 Å². The summed E-state index contributed by atoms with van der Waals surface area (Å²) in [7, 11) is 1.33. The highest BCUT2D eigenvalue weighted by Crippen LogP contribution is 2.34. The highest BCUT2D eigenvalue weighted by molar-refractivity contribution is 9.24. The van der Waals surface area contributed by atoms with Gasteiger partial charge in [-0.15, -0.1) is 0 Å². The van der Waals surface area contributed by atoms with Crippen LogP contribution in [0, 0.1) is 86.6 Å². The summed E-state index contributed by atoms with van der Waals surface area (Å²) in [5.74, 6) is -3.89. The molecule has 1 aliphatic heterocycles. The maximum atomic E-state index is 14.0. The van der Waals surface area contributed by atoms with Crippen LogP contribution in [0.25, 0.3) is 0 Å². The Morgan fingerprint density at radius 1 is 0.557 bits per heavy atom. The SMILES string of the molecule is C.COC(=O)N1CCN(Cc2cccc([N+](=O)[O-])c2F)CC1.Cc1cccc([N+](=O)[O-])c1F.O=[N+]([O-])c1cccc(C(Br)Br)c1F.O=[N+]([O-])c1cccc(CBr)c1F.O=[N+]([O-])c1cccc(CBr)c1F. The number of alkyl halides is 4. The van der Waals surface area contributed by atoms with E-state index in [0.29, 0.717) is 42.9 Å². The summed E-state index contributed by atoms with van der Waals surface area (Å²) in [5, 5.41) is 52.2. The third kappa shape index (κ3) is 18.3. The molecular weight excluding hydrogens is 1210 g/mol. The number of benzene rings is 5. The Balaban J connectivity index is 0.000000447. The lowest BCUT2D eigenvalue weighted by Crippen LogP contribution is -2.48. The van der Waals surface area contributed by atoms with Crippen LogP contribution >= 0.6 is 63.7 Å². The van der Waals surface area contributed by atoms with E-state index in [2.05, 4.69) is 68.5 Å². The molecule has 378 valence electrons. The molecule has 0 N–H and O–H groups in total. The monoisotopic (exact) mass is 1240 g/mol. The molecule has 0 aromatic heterocycles. The average molecular weight is 1250 g/mol. The molecule has 0 aliphatic carbocycles. The van der Waals surface area contributed by atoms with E-state index in [-0.39, 0.29) is 41.9 Å². The molecule has 1 fully saturated rings. The van der Waals surface area contributed by atoms with Crippen molar-refractivity contribution in [2.45, 2.75) is 35.3 Å². The number of hydrogen-bond donors (Lipinski definition) is 0. The summed E-state index contributed by atoms with van der Waals surface area (Å²) in [6.07, 6.45) is -0.379. The van der Waals surface area contributed by atoms with Crippen LogP contribution < -0.4 is 0 Å². The second-order valence-electron chi connectivity index (χ2n) is 13.4. The quantitative estimate of drug-likeness (QED) is 0.0547. The van der Waals surface area contributed by atoms with Crippen LogP contribution in [0.5, 0.6) is 0 Å². The fourth-order valence-electron chi connectivity index (χ4n) is 5.53. The minimum Gasteiger partial charge on any atom is -0.453 e. The van der Waals surface area contributed by atoms with Gasteiger partial charge in [0.2, 0.25) is 29.1 Å². The standard InChI is InChI=1S/C13H16FN3O4.C7H4Br2FNO2.2C7H5BrFNO2.C7H6FNO2.CH4/c1-21-13(18)16-7-5-15(6-8-16)9-10-3-2-4-11(12(10)14)17(19)20;8-7(9)4-2-1-3-5(6(4)10)11(12)13;2*8-4-5-2-1-3-6(7(5)9)10(11)12;1-5-3-2-4-6(7(5)8)9(10)11;/h2-4H,5-9H2,1H3;1-3,7H;2*1-3H,4H2;2-4H,1H3;1H4. The van der Waals surface area contributed by atoms with Gasteiger partial charge in [-0.2, -0.15) is 22.0 Å². The molecule has 0 bridgehead atoms. The minimum atomic E-state index is -0.814. The van der Waals surface area contributed by atoms with Crippen molar-refractivity contribution in [1.29, 1.82) is 0 Å². The molecule has 1 heterocycles. The van der Waals surface area contributed by atoms with Crippen molar-refractivity contribution in [3.05, 3.63) is 198 Å². The van der Waals surface area contributed by atoms with Gasteiger partial charge in [0.05, 0.1) is 35.5 Å². The number of nitro groups is 5. The Labute approximate surface area is 428 Å². The zero-order chi connectivity index (χ0) is 52.1. The predicted molar refractivity (Wildman–Crippen MR) is 262 cm³/mol. The van der Waals surface area contributed by atoms with Gasteiger partial charge in [-0.3, -0.25) is 55.5 Å². The molecule has 0 atom stereocenters. The van der Waals surface area contributed by atoms with Gasteiger partial charge in [0.25, 0.3) is 0 Å². The van der Waals surface area contributed by atoms with Gasteiger partial charge in [-0.1, -0.05) is 132 Å². The number of carbonyl (C=O) groups is 1. The van der Waals surface area contributed by atoms with Gasteiger partial charge in [0, 0.05) is 96.0 Å². The van der Waals surface area contributed by atoms with Crippen molar-refractivity contribution in [2.24, 2.45) is 0 Å². The molecule has 0 saturated carbocycles. The molecule has 1 amide bonds. The number of nitro benzene ring substituents is 5. The van der Waals surface area contributed by atoms with E-state index in [1.54, 1.807) is 4.90 Å². The number of halogens is 9. The van der Waals surface area contributed by atoms with E-state index in [1.165, 1.54) is 74.7 Å². The largest absolute Gasteiger partial charge is 0.453 e. The van der Waals surface area contributed by atoms with Crippen molar-refractivity contribution >= 4 is 98.2 Å². The lowest BCUT2D eigenvalue weighted by atomic mass is 10.1. The zero-order valence-corrected chi connectivity index (χ0v) is 42.0. The van der Waals surface area contributed by atoms with Gasteiger partial charge in [-0.25, -0.2) is 4.79 Å². The molecule has 0 spiro atoms. The third-order valence-electron chi connectivity index (χ3n) is 9.06. The first kappa shape index (κ1) is 61.9. The number of piperazine rings is 1. The number of methoxy groups -OCH3 is 1. The predicted octanol–water partition coefficient (Wildman–Crippen LogP) is 13.1. The van der Waals surface area contributed by atoms with E-state index < -0.39 is 85.9 Å². The number of carbonyl (C=O) groups excluding carboxylic acids is 1. The highest BCUT2D eigenvalue weighted by atomic mass is 79.9. The topological polar surface area (TPSA) is 248 Å². The fraction of sp³-hybridized carbons (Fsp3) is 0.262. The molecule has 5 aromatic carbocycles. The molecule has 19 nitrogen and oxygen atoms in total. The van der Waals surface area contributed by atoms with Crippen LogP contribution in [-0.2, 0) is 21.9 Å². The Bertz CT molecular complexity index is 2570. The summed E-state index contributed by atoms with van der Waals surface area (Å²) in [6.45, 7) is 3.88.